The minimum absolute atomic E-state index is 0.0137. The zero-order valence-corrected chi connectivity index (χ0v) is 11.3. The van der Waals surface area contributed by atoms with Gasteiger partial charge in [-0.05, 0) is 39.7 Å². The van der Waals surface area contributed by atoms with E-state index in [1.165, 1.54) is 12.3 Å². The van der Waals surface area contributed by atoms with Crippen LogP contribution in [0.5, 0.6) is 11.6 Å². The highest BCUT2D eigenvalue weighted by atomic mass is 79.9. The third-order valence-electron chi connectivity index (χ3n) is 2.34. The van der Waals surface area contributed by atoms with Crippen LogP contribution in [0.2, 0.25) is 0 Å². The lowest BCUT2D eigenvalue weighted by Gasteiger charge is -2.07. The van der Waals surface area contributed by atoms with Crippen LogP contribution < -0.4 is 9.47 Å². The number of pyridine rings is 1. The van der Waals surface area contributed by atoms with E-state index >= 15 is 0 Å². The van der Waals surface area contributed by atoms with Crippen LogP contribution in [0.15, 0.2) is 41.0 Å². The van der Waals surface area contributed by atoms with Crippen molar-refractivity contribution < 1.29 is 13.9 Å². The van der Waals surface area contributed by atoms with Crippen LogP contribution in [0.4, 0.5) is 4.39 Å². The van der Waals surface area contributed by atoms with Gasteiger partial charge in [-0.1, -0.05) is 12.1 Å². The summed E-state index contributed by atoms with van der Waals surface area (Å²) in [5.41, 5.74) is 0.914. The predicted molar refractivity (Wildman–Crippen MR) is 69.2 cm³/mol. The Morgan fingerprint density at radius 2 is 1.94 bits per heavy atom. The number of hydrogen-bond acceptors (Lipinski definition) is 3. The van der Waals surface area contributed by atoms with Crippen molar-refractivity contribution >= 4 is 15.9 Å². The molecule has 3 nitrogen and oxygen atoms in total. The summed E-state index contributed by atoms with van der Waals surface area (Å²) in [6, 6.07) is 8.88. The molecule has 0 atom stereocenters. The second-order valence-electron chi connectivity index (χ2n) is 3.55. The highest BCUT2D eigenvalue weighted by molar-refractivity contribution is 9.10. The van der Waals surface area contributed by atoms with E-state index in [9.17, 15) is 4.39 Å². The van der Waals surface area contributed by atoms with Gasteiger partial charge >= 0.3 is 0 Å². The average molecular weight is 312 g/mol. The van der Waals surface area contributed by atoms with Gasteiger partial charge in [-0.15, -0.1) is 0 Å². The first-order valence-corrected chi connectivity index (χ1v) is 6.05. The molecule has 0 aliphatic heterocycles. The molecule has 0 saturated heterocycles. The summed E-state index contributed by atoms with van der Waals surface area (Å²) in [6.07, 6.45) is 1.48. The lowest BCUT2D eigenvalue weighted by molar-refractivity contribution is 0.276. The maximum Gasteiger partial charge on any atom is 0.251 e. The molecule has 18 heavy (non-hydrogen) atoms. The Kier molecular flexibility index (Phi) is 4.15. The second-order valence-corrected chi connectivity index (χ2v) is 4.40. The van der Waals surface area contributed by atoms with Crippen molar-refractivity contribution in [2.24, 2.45) is 0 Å². The van der Waals surface area contributed by atoms with Gasteiger partial charge < -0.3 is 9.47 Å². The van der Waals surface area contributed by atoms with E-state index in [0.717, 1.165) is 11.3 Å². The number of methoxy groups -OCH3 is 1. The van der Waals surface area contributed by atoms with Gasteiger partial charge in [0.15, 0.2) is 5.82 Å². The summed E-state index contributed by atoms with van der Waals surface area (Å²) in [6.45, 7) is 0.254. The number of aromatic nitrogens is 1. The maximum atomic E-state index is 13.6. The van der Waals surface area contributed by atoms with Crippen molar-refractivity contribution in [3.63, 3.8) is 0 Å². The van der Waals surface area contributed by atoms with Crippen molar-refractivity contribution in [1.29, 1.82) is 0 Å². The van der Waals surface area contributed by atoms with E-state index in [0.29, 0.717) is 4.47 Å². The smallest absolute Gasteiger partial charge is 0.251 e. The minimum atomic E-state index is -0.494. The molecule has 2 rings (SSSR count). The van der Waals surface area contributed by atoms with Crippen LogP contribution in [0.25, 0.3) is 0 Å². The van der Waals surface area contributed by atoms with Crippen molar-refractivity contribution in [2.75, 3.05) is 7.11 Å². The molecule has 0 radical (unpaired) electrons. The molecule has 0 bridgehead atoms. The molecule has 1 aromatic heterocycles. The van der Waals surface area contributed by atoms with Crippen LogP contribution >= 0.6 is 15.9 Å². The van der Waals surface area contributed by atoms with Crippen molar-refractivity contribution in [2.45, 2.75) is 6.61 Å². The standard InChI is InChI=1S/C13H11BrFNO2/c1-17-10-4-2-9(3-5-10)8-18-13-12(15)11(14)6-7-16-13/h2-7H,8H2,1H3. The molecule has 1 aromatic carbocycles. The first-order valence-electron chi connectivity index (χ1n) is 5.26. The van der Waals surface area contributed by atoms with Crippen LogP contribution in [-0.4, -0.2) is 12.1 Å². The molecule has 94 valence electrons. The highest BCUT2D eigenvalue weighted by Gasteiger charge is 2.08. The minimum Gasteiger partial charge on any atom is -0.497 e. The Bertz CT molecular complexity index is 531. The van der Waals surface area contributed by atoms with Gasteiger partial charge in [-0.25, -0.2) is 4.98 Å². The van der Waals surface area contributed by atoms with Gasteiger partial charge in [-0.3, -0.25) is 0 Å². The molecule has 0 saturated carbocycles. The first-order chi connectivity index (χ1) is 8.70. The second kappa shape index (κ2) is 5.82. The summed E-state index contributed by atoms with van der Waals surface area (Å²) in [5, 5.41) is 0. The summed E-state index contributed by atoms with van der Waals surface area (Å²) in [5.74, 6) is 0.261. The van der Waals surface area contributed by atoms with Gasteiger partial charge in [0, 0.05) is 6.20 Å². The van der Waals surface area contributed by atoms with E-state index in [1.807, 2.05) is 24.3 Å². The van der Waals surface area contributed by atoms with Gasteiger partial charge in [0.2, 0.25) is 0 Å². The van der Waals surface area contributed by atoms with Crippen molar-refractivity contribution in [3.05, 3.63) is 52.4 Å². The Morgan fingerprint density at radius 1 is 1.22 bits per heavy atom. The molecule has 0 aliphatic carbocycles. The summed E-state index contributed by atoms with van der Waals surface area (Å²) >= 11 is 3.08. The Balaban J connectivity index is 2.04. The molecule has 0 spiro atoms. The van der Waals surface area contributed by atoms with E-state index in [4.69, 9.17) is 9.47 Å². The summed E-state index contributed by atoms with van der Waals surface area (Å²) in [7, 11) is 1.60. The predicted octanol–water partition coefficient (Wildman–Crippen LogP) is 3.57. The van der Waals surface area contributed by atoms with Gasteiger partial charge in [0.05, 0.1) is 11.6 Å². The molecule has 5 heteroatoms. The van der Waals surface area contributed by atoms with Gasteiger partial charge in [0.25, 0.3) is 5.88 Å². The van der Waals surface area contributed by atoms with Crippen molar-refractivity contribution in [1.82, 2.24) is 4.98 Å². The number of benzene rings is 1. The molecule has 0 fully saturated rings. The SMILES string of the molecule is COc1ccc(COc2nccc(Br)c2F)cc1. The molecule has 0 unspecified atom stereocenters. The molecular formula is C13H11BrFNO2. The molecular weight excluding hydrogens is 301 g/mol. The van der Waals surface area contributed by atoms with E-state index in [-0.39, 0.29) is 12.5 Å². The van der Waals surface area contributed by atoms with E-state index < -0.39 is 5.82 Å². The summed E-state index contributed by atoms with van der Waals surface area (Å²) < 4.78 is 24.3. The number of hydrogen-bond donors (Lipinski definition) is 0. The molecule has 0 N–H and O–H groups in total. The van der Waals surface area contributed by atoms with E-state index in [2.05, 4.69) is 20.9 Å². The third-order valence-corrected chi connectivity index (χ3v) is 2.96. The monoisotopic (exact) mass is 311 g/mol. The molecule has 2 aromatic rings. The third kappa shape index (κ3) is 2.98. The zero-order valence-electron chi connectivity index (χ0n) is 9.69. The number of rotatable bonds is 4. The van der Waals surface area contributed by atoms with Gasteiger partial charge in [-0.2, -0.15) is 4.39 Å². The highest BCUT2D eigenvalue weighted by Crippen LogP contribution is 2.22. The molecule has 1 heterocycles. The lowest BCUT2D eigenvalue weighted by atomic mass is 10.2. The zero-order chi connectivity index (χ0) is 13.0. The Labute approximate surface area is 113 Å². The summed E-state index contributed by atoms with van der Waals surface area (Å²) in [4.78, 5) is 3.84. The fourth-order valence-corrected chi connectivity index (χ4v) is 1.66. The fourth-order valence-electron chi connectivity index (χ4n) is 1.38. The Morgan fingerprint density at radius 3 is 2.61 bits per heavy atom. The molecule has 0 aliphatic rings. The lowest BCUT2D eigenvalue weighted by Crippen LogP contribution is -1.99. The van der Waals surface area contributed by atoms with Crippen LogP contribution in [0.1, 0.15) is 5.56 Å². The largest absolute Gasteiger partial charge is 0.497 e. The quantitative estimate of drug-likeness (QED) is 0.865. The van der Waals surface area contributed by atoms with Crippen molar-refractivity contribution in [3.8, 4) is 11.6 Å². The number of halogens is 2. The van der Waals surface area contributed by atoms with Crippen LogP contribution in [-0.2, 0) is 6.61 Å². The normalized spacial score (nSPS) is 10.2. The number of nitrogens with zero attached hydrogens (tertiary/aromatic N) is 1. The Hall–Kier alpha value is -1.62. The van der Waals surface area contributed by atoms with Gasteiger partial charge in [0.1, 0.15) is 12.4 Å². The number of ether oxygens (including phenoxy) is 2. The van der Waals surface area contributed by atoms with E-state index in [1.54, 1.807) is 7.11 Å². The van der Waals surface area contributed by atoms with Crippen LogP contribution in [0, 0.1) is 5.82 Å². The topological polar surface area (TPSA) is 31.4 Å². The fraction of sp³-hybridized carbons (Fsp3) is 0.154. The average Bonchev–Trinajstić information content (AvgIpc) is 2.41. The first kappa shape index (κ1) is 12.8. The maximum absolute atomic E-state index is 13.6. The molecule has 0 amide bonds. The van der Waals surface area contributed by atoms with Crippen LogP contribution in [0.3, 0.4) is 0 Å².